The SMILES string of the molecule is C=CCCC(O)CN(Cc1c(CC)nn(-c2ccccc2)c1Oc1ccc(C)cc1)C(C)C. The molecule has 1 aromatic heterocycles. The van der Waals surface area contributed by atoms with Gasteiger partial charge in [0, 0.05) is 19.1 Å². The number of nitrogens with zero attached hydrogens (tertiary/aromatic N) is 3. The zero-order valence-electron chi connectivity index (χ0n) is 20.4. The van der Waals surface area contributed by atoms with Crippen molar-refractivity contribution in [3.63, 3.8) is 0 Å². The van der Waals surface area contributed by atoms with Crippen LogP contribution in [0.1, 0.15) is 50.4 Å². The van der Waals surface area contributed by atoms with E-state index in [4.69, 9.17) is 9.84 Å². The third-order valence-electron chi connectivity index (χ3n) is 5.83. The van der Waals surface area contributed by atoms with Crippen molar-refractivity contribution < 1.29 is 9.84 Å². The third kappa shape index (κ3) is 6.56. The summed E-state index contributed by atoms with van der Waals surface area (Å²) in [5, 5.41) is 15.5. The number of allylic oxidation sites excluding steroid dienone is 1. The monoisotopic (exact) mass is 447 g/mol. The number of hydrogen-bond donors (Lipinski definition) is 1. The summed E-state index contributed by atoms with van der Waals surface area (Å²) in [6.07, 6.45) is 3.77. The third-order valence-corrected chi connectivity index (χ3v) is 5.83. The number of aliphatic hydroxyl groups is 1. The van der Waals surface area contributed by atoms with Crippen molar-refractivity contribution in [2.45, 2.75) is 65.6 Å². The fraction of sp³-hybridized carbons (Fsp3) is 0.393. The molecular formula is C28H37N3O2. The molecule has 5 heteroatoms. The first-order chi connectivity index (χ1) is 15.9. The fourth-order valence-corrected chi connectivity index (χ4v) is 3.82. The molecule has 0 aliphatic heterocycles. The lowest BCUT2D eigenvalue weighted by Crippen LogP contribution is -2.37. The Hall–Kier alpha value is -2.89. The van der Waals surface area contributed by atoms with E-state index in [1.54, 1.807) is 0 Å². The molecule has 3 rings (SSSR count). The Bertz CT molecular complexity index is 1010. The minimum absolute atomic E-state index is 0.264. The molecule has 0 amide bonds. The van der Waals surface area contributed by atoms with Gasteiger partial charge in [-0.3, -0.25) is 4.90 Å². The number of benzene rings is 2. The number of para-hydroxylation sites is 1. The van der Waals surface area contributed by atoms with Crippen LogP contribution in [0.4, 0.5) is 0 Å². The highest BCUT2D eigenvalue weighted by Crippen LogP contribution is 2.32. The van der Waals surface area contributed by atoms with E-state index >= 15 is 0 Å². The normalized spacial score (nSPS) is 12.3. The van der Waals surface area contributed by atoms with Crippen LogP contribution in [0, 0.1) is 6.92 Å². The van der Waals surface area contributed by atoms with Gasteiger partial charge in [0.1, 0.15) is 5.75 Å². The molecule has 0 aliphatic rings. The number of aromatic nitrogens is 2. The van der Waals surface area contributed by atoms with Crippen molar-refractivity contribution in [3.05, 3.63) is 84.1 Å². The van der Waals surface area contributed by atoms with Crippen LogP contribution in [0.3, 0.4) is 0 Å². The van der Waals surface area contributed by atoms with Gasteiger partial charge in [-0.05, 0) is 64.3 Å². The van der Waals surface area contributed by atoms with E-state index in [2.05, 4.69) is 51.3 Å². The molecule has 0 bridgehead atoms. The summed E-state index contributed by atoms with van der Waals surface area (Å²) < 4.78 is 8.38. The molecule has 0 spiro atoms. The highest BCUT2D eigenvalue weighted by Gasteiger charge is 2.24. The van der Waals surface area contributed by atoms with E-state index in [9.17, 15) is 5.11 Å². The van der Waals surface area contributed by atoms with Gasteiger partial charge in [0.15, 0.2) is 0 Å². The maximum Gasteiger partial charge on any atom is 0.227 e. The number of ether oxygens (including phenoxy) is 1. The maximum absolute atomic E-state index is 10.6. The van der Waals surface area contributed by atoms with Gasteiger partial charge in [0.05, 0.1) is 23.0 Å². The molecule has 1 unspecified atom stereocenters. The summed E-state index contributed by atoms with van der Waals surface area (Å²) in [4.78, 5) is 2.29. The van der Waals surface area contributed by atoms with Gasteiger partial charge in [-0.25, -0.2) is 4.68 Å². The molecule has 3 aromatic rings. The highest BCUT2D eigenvalue weighted by molar-refractivity contribution is 5.44. The molecule has 0 saturated heterocycles. The predicted molar refractivity (Wildman–Crippen MR) is 135 cm³/mol. The first kappa shape index (κ1) is 24.7. The van der Waals surface area contributed by atoms with Crippen LogP contribution in [-0.4, -0.2) is 38.5 Å². The number of aliphatic hydroxyl groups excluding tert-OH is 1. The Morgan fingerprint density at radius 3 is 2.42 bits per heavy atom. The quantitative estimate of drug-likeness (QED) is 0.342. The van der Waals surface area contributed by atoms with Crippen LogP contribution in [0.5, 0.6) is 11.6 Å². The smallest absolute Gasteiger partial charge is 0.227 e. The van der Waals surface area contributed by atoms with E-state index < -0.39 is 6.10 Å². The second kappa shape index (κ2) is 11.8. The van der Waals surface area contributed by atoms with Crippen molar-refractivity contribution >= 4 is 0 Å². The van der Waals surface area contributed by atoms with Gasteiger partial charge in [0.2, 0.25) is 5.88 Å². The van der Waals surface area contributed by atoms with Gasteiger partial charge in [-0.1, -0.05) is 48.9 Å². The van der Waals surface area contributed by atoms with E-state index in [1.807, 2.05) is 53.2 Å². The fourth-order valence-electron chi connectivity index (χ4n) is 3.82. The van der Waals surface area contributed by atoms with Crippen LogP contribution in [0.2, 0.25) is 0 Å². The predicted octanol–water partition coefficient (Wildman–Crippen LogP) is 6.07. The molecule has 5 nitrogen and oxygen atoms in total. The second-order valence-corrected chi connectivity index (χ2v) is 8.79. The van der Waals surface area contributed by atoms with Gasteiger partial charge in [-0.15, -0.1) is 6.58 Å². The molecule has 33 heavy (non-hydrogen) atoms. The first-order valence-corrected chi connectivity index (χ1v) is 11.9. The van der Waals surface area contributed by atoms with Crippen molar-refractivity contribution in [1.82, 2.24) is 14.7 Å². The summed E-state index contributed by atoms with van der Waals surface area (Å²) in [5.74, 6) is 1.51. The van der Waals surface area contributed by atoms with E-state index in [-0.39, 0.29) is 6.04 Å². The maximum atomic E-state index is 10.6. The van der Waals surface area contributed by atoms with Crippen LogP contribution >= 0.6 is 0 Å². The molecule has 0 radical (unpaired) electrons. The minimum atomic E-state index is -0.402. The van der Waals surface area contributed by atoms with Crippen LogP contribution in [0.15, 0.2) is 67.3 Å². The Morgan fingerprint density at radius 1 is 1.12 bits per heavy atom. The van der Waals surface area contributed by atoms with Crippen molar-refractivity contribution in [2.24, 2.45) is 0 Å². The molecule has 1 N–H and O–H groups in total. The Labute approximate surface area is 198 Å². The lowest BCUT2D eigenvalue weighted by Gasteiger charge is -2.29. The van der Waals surface area contributed by atoms with Gasteiger partial charge in [0.25, 0.3) is 0 Å². The average molecular weight is 448 g/mol. The lowest BCUT2D eigenvalue weighted by atomic mass is 10.1. The molecule has 1 heterocycles. The van der Waals surface area contributed by atoms with Crippen LogP contribution in [-0.2, 0) is 13.0 Å². The lowest BCUT2D eigenvalue weighted by molar-refractivity contribution is 0.0849. The standard InChI is InChI=1S/C28H37N3O2/c1-6-8-14-24(32)19-30(21(3)4)20-26-27(7-2)29-31(23-12-10-9-11-13-23)28(26)33-25-17-15-22(5)16-18-25/h6,9-13,15-18,21,24,32H,1,7-8,14,19-20H2,2-5H3. The molecule has 2 aromatic carbocycles. The highest BCUT2D eigenvalue weighted by atomic mass is 16.5. The summed E-state index contributed by atoms with van der Waals surface area (Å²) in [5.41, 5.74) is 4.22. The van der Waals surface area contributed by atoms with Crippen molar-refractivity contribution in [2.75, 3.05) is 6.54 Å². The van der Waals surface area contributed by atoms with E-state index in [0.717, 1.165) is 41.4 Å². The van der Waals surface area contributed by atoms with Gasteiger partial charge >= 0.3 is 0 Å². The van der Waals surface area contributed by atoms with E-state index in [0.29, 0.717) is 19.5 Å². The van der Waals surface area contributed by atoms with E-state index in [1.165, 1.54) is 5.56 Å². The molecule has 176 valence electrons. The summed E-state index contributed by atoms with van der Waals surface area (Å²) in [6.45, 7) is 13.5. The second-order valence-electron chi connectivity index (χ2n) is 8.79. The molecule has 1 atom stereocenters. The van der Waals surface area contributed by atoms with Gasteiger partial charge in [-0.2, -0.15) is 5.10 Å². The summed E-state index contributed by atoms with van der Waals surface area (Å²) in [6, 6.07) is 18.4. The molecule has 0 aliphatic carbocycles. The van der Waals surface area contributed by atoms with Crippen molar-refractivity contribution in [3.8, 4) is 17.3 Å². The number of rotatable bonds is 12. The largest absolute Gasteiger partial charge is 0.439 e. The van der Waals surface area contributed by atoms with Crippen LogP contribution < -0.4 is 4.74 Å². The summed E-state index contributed by atoms with van der Waals surface area (Å²) in [7, 11) is 0. The number of aryl methyl sites for hydroxylation is 2. The van der Waals surface area contributed by atoms with Crippen LogP contribution in [0.25, 0.3) is 5.69 Å². The number of hydrogen-bond acceptors (Lipinski definition) is 4. The Morgan fingerprint density at radius 2 is 1.82 bits per heavy atom. The molecule has 0 saturated carbocycles. The molecular weight excluding hydrogens is 410 g/mol. The van der Waals surface area contributed by atoms with Crippen molar-refractivity contribution in [1.29, 1.82) is 0 Å². The zero-order valence-corrected chi connectivity index (χ0v) is 20.4. The minimum Gasteiger partial charge on any atom is -0.439 e. The Balaban J connectivity index is 2.01. The van der Waals surface area contributed by atoms with Gasteiger partial charge < -0.3 is 9.84 Å². The topological polar surface area (TPSA) is 50.5 Å². The molecule has 0 fully saturated rings. The summed E-state index contributed by atoms with van der Waals surface area (Å²) >= 11 is 0. The zero-order chi connectivity index (χ0) is 23.8. The average Bonchev–Trinajstić information content (AvgIpc) is 3.16. The first-order valence-electron chi connectivity index (χ1n) is 11.9. The Kier molecular flexibility index (Phi) is 8.87.